The van der Waals surface area contributed by atoms with Gasteiger partial charge in [0.05, 0.1) is 11.5 Å². The lowest BCUT2D eigenvalue weighted by Crippen LogP contribution is -2.53. The fraction of sp³-hybridized carbons (Fsp3) is 0.562. The molecule has 0 bridgehead atoms. The molecule has 3 rings (SSSR count). The molecule has 6 nitrogen and oxygen atoms in total. The van der Waals surface area contributed by atoms with Crippen LogP contribution in [0.3, 0.4) is 0 Å². The maximum atomic E-state index is 12.3. The normalized spacial score (nSPS) is 24.0. The zero-order chi connectivity index (χ0) is 17.2. The van der Waals surface area contributed by atoms with Gasteiger partial charge < -0.3 is 10.2 Å². The number of benzene rings is 1. The van der Waals surface area contributed by atoms with Gasteiger partial charge in [0.25, 0.3) is 0 Å². The van der Waals surface area contributed by atoms with Crippen LogP contribution in [0.15, 0.2) is 24.3 Å². The van der Waals surface area contributed by atoms with Gasteiger partial charge in [0.1, 0.15) is 0 Å². The van der Waals surface area contributed by atoms with E-state index in [1.54, 1.807) is 4.90 Å². The Labute approximate surface area is 147 Å². The standard InChI is InChI=1S/C16H22ClN3O3S/c17-14-3-1-13(2-4-14)11-19-6-8-20(9-7-19)16(21)18-15-5-10-24(22,23)12-15/h1-4,15H,5-12H2,(H,18,21). The quantitative estimate of drug-likeness (QED) is 0.870. The molecule has 24 heavy (non-hydrogen) atoms. The average Bonchev–Trinajstić information content (AvgIpc) is 2.89. The second-order valence-corrected chi connectivity index (χ2v) is 9.10. The van der Waals surface area contributed by atoms with Gasteiger partial charge >= 0.3 is 6.03 Å². The van der Waals surface area contributed by atoms with Gasteiger partial charge in [-0.05, 0) is 24.1 Å². The van der Waals surface area contributed by atoms with Gasteiger partial charge in [-0.3, -0.25) is 4.90 Å². The largest absolute Gasteiger partial charge is 0.334 e. The molecule has 1 atom stereocenters. The molecule has 8 heteroatoms. The van der Waals surface area contributed by atoms with Crippen molar-refractivity contribution in [3.05, 3.63) is 34.9 Å². The first-order valence-corrected chi connectivity index (χ1v) is 10.3. The fourth-order valence-corrected chi connectivity index (χ4v) is 4.93. The van der Waals surface area contributed by atoms with Crippen molar-refractivity contribution in [1.29, 1.82) is 0 Å². The van der Waals surface area contributed by atoms with E-state index in [1.165, 1.54) is 5.56 Å². The summed E-state index contributed by atoms with van der Waals surface area (Å²) in [4.78, 5) is 16.3. The lowest BCUT2D eigenvalue weighted by molar-refractivity contribution is 0.134. The lowest BCUT2D eigenvalue weighted by atomic mass is 10.2. The zero-order valence-electron chi connectivity index (χ0n) is 13.4. The Kier molecular flexibility index (Phi) is 5.32. The van der Waals surface area contributed by atoms with Crippen LogP contribution in [0.1, 0.15) is 12.0 Å². The summed E-state index contributed by atoms with van der Waals surface area (Å²) in [7, 11) is -2.97. The van der Waals surface area contributed by atoms with Crippen molar-refractivity contribution in [1.82, 2.24) is 15.1 Å². The summed E-state index contributed by atoms with van der Waals surface area (Å²) >= 11 is 5.89. The molecular weight excluding hydrogens is 350 g/mol. The third-order valence-corrected chi connectivity index (χ3v) is 6.56. The van der Waals surface area contributed by atoms with Crippen LogP contribution >= 0.6 is 11.6 Å². The van der Waals surface area contributed by atoms with Gasteiger partial charge in [-0.15, -0.1) is 0 Å². The molecule has 1 aromatic carbocycles. The molecule has 2 saturated heterocycles. The first-order chi connectivity index (χ1) is 11.4. The Hall–Kier alpha value is -1.31. The third kappa shape index (κ3) is 4.62. The maximum Gasteiger partial charge on any atom is 0.317 e. The number of hydrogen-bond donors (Lipinski definition) is 1. The molecule has 2 amide bonds. The van der Waals surface area contributed by atoms with Crippen LogP contribution < -0.4 is 5.32 Å². The molecule has 2 aliphatic rings. The highest BCUT2D eigenvalue weighted by molar-refractivity contribution is 7.91. The second-order valence-electron chi connectivity index (χ2n) is 6.44. The van der Waals surface area contributed by atoms with Crippen LogP contribution in [0.25, 0.3) is 0 Å². The number of hydrogen-bond acceptors (Lipinski definition) is 4. The minimum atomic E-state index is -2.97. The number of nitrogens with one attached hydrogen (secondary N) is 1. The van der Waals surface area contributed by atoms with Crippen molar-refractivity contribution in [3.63, 3.8) is 0 Å². The van der Waals surface area contributed by atoms with Crippen LogP contribution in [0.5, 0.6) is 0 Å². The summed E-state index contributed by atoms with van der Waals surface area (Å²) < 4.78 is 22.9. The fourth-order valence-electron chi connectivity index (χ4n) is 3.13. The summed E-state index contributed by atoms with van der Waals surface area (Å²) in [5, 5.41) is 3.58. The third-order valence-electron chi connectivity index (χ3n) is 4.54. The molecule has 0 aromatic heterocycles. The molecule has 0 aliphatic carbocycles. The van der Waals surface area contributed by atoms with Crippen molar-refractivity contribution in [2.75, 3.05) is 37.7 Å². The van der Waals surface area contributed by atoms with E-state index < -0.39 is 9.84 Å². The minimum absolute atomic E-state index is 0.0648. The van der Waals surface area contributed by atoms with Crippen LogP contribution in [0, 0.1) is 0 Å². The maximum absolute atomic E-state index is 12.3. The monoisotopic (exact) mass is 371 g/mol. The van der Waals surface area contributed by atoms with Crippen LogP contribution in [-0.2, 0) is 16.4 Å². The van der Waals surface area contributed by atoms with Gasteiger partial charge in [0.15, 0.2) is 9.84 Å². The summed E-state index contributed by atoms with van der Waals surface area (Å²) in [6, 6.07) is 7.41. The number of halogens is 1. The molecule has 1 N–H and O–H groups in total. The second kappa shape index (κ2) is 7.29. The van der Waals surface area contributed by atoms with Gasteiger partial charge in [-0.2, -0.15) is 0 Å². The zero-order valence-corrected chi connectivity index (χ0v) is 15.0. The van der Waals surface area contributed by atoms with Crippen LogP contribution in [0.2, 0.25) is 5.02 Å². The van der Waals surface area contributed by atoms with Crippen molar-refractivity contribution in [2.24, 2.45) is 0 Å². The predicted octanol–water partition coefficient (Wildman–Crippen LogP) is 1.35. The van der Waals surface area contributed by atoms with Gasteiger partial charge in [-0.25, -0.2) is 13.2 Å². The molecule has 0 saturated carbocycles. The van der Waals surface area contributed by atoms with E-state index in [9.17, 15) is 13.2 Å². The van der Waals surface area contributed by atoms with E-state index >= 15 is 0 Å². The Morgan fingerprint density at radius 1 is 1.17 bits per heavy atom. The molecule has 2 aliphatic heterocycles. The molecule has 1 unspecified atom stereocenters. The van der Waals surface area contributed by atoms with Gasteiger partial charge in [-0.1, -0.05) is 23.7 Å². The average molecular weight is 372 g/mol. The highest BCUT2D eigenvalue weighted by Gasteiger charge is 2.30. The van der Waals surface area contributed by atoms with E-state index in [-0.39, 0.29) is 23.6 Å². The Bertz CT molecular complexity index is 685. The topological polar surface area (TPSA) is 69.7 Å². The van der Waals surface area contributed by atoms with Crippen molar-refractivity contribution >= 4 is 27.5 Å². The Balaban J connectivity index is 1.44. The number of carbonyl (C=O) groups is 1. The molecule has 0 spiro atoms. The number of nitrogens with zero attached hydrogens (tertiary/aromatic N) is 2. The van der Waals surface area contributed by atoms with E-state index in [0.717, 1.165) is 24.7 Å². The first kappa shape index (κ1) is 17.5. The van der Waals surface area contributed by atoms with Crippen molar-refractivity contribution in [3.8, 4) is 0 Å². The van der Waals surface area contributed by atoms with E-state index in [2.05, 4.69) is 10.2 Å². The molecule has 2 heterocycles. The van der Waals surface area contributed by atoms with Gasteiger partial charge in [0.2, 0.25) is 0 Å². The van der Waals surface area contributed by atoms with Crippen molar-refractivity contribution < 1.29 is 13.2 Å². The molecule has 2 fully saturated rings. The van der Waals surface area contributed by atoms with E-state index in [1.807, 2.05) is 24.3 Å². The highest BCUT2D eigenvalue weighted by atomic mass is 35.5. The first-order valence-electron chi connectivity index (χ1n) is 8.14. The Morgan fingerprint density at radius 2 is 1.83 bits per heavy atom. The number of rotatable bonds is 3. The molecular formula is C16H22ClN3O3S. The minimum Gasteiger partial charge on any atom is -0.334 e. The van der Waals surface area contributed by atoms with Crippen LogP contribution in [-0.4, -0.2) is 68.0 Å². The number of carbonyl (C=O) groups excluding carboxylic acids is 1. The van der Waals surface area contributed by atoms with Crippen LogP contribution in [0.4, 0.5) is 4.79 Å². The number of amides is 2. The highest BCUT2D eigenvalue weighted by Crippen LogP contribution is 2.14. The molecule has 0 radical (unpaired) electrons. The predicted molar refractivity (Wildman–Crippen MR) is 93.9 cm³/mol. The molecule has 132 valence electrons. The number of sulfone groups is 1. The summed E-state index contributed by atoms with van der Waals surface area (Å²) in [6.45, 7) is 3.75. The SMILES string of the molecule is O=C(NC1CCS(=O)(=O)C1)N1CCN(Cc2ccc(Cl)cc2)CC1. The van der Waals surface area contributed by atoms with E-state index in [0.29, 0.717) is 19.5 Å². The molecule has 1 aromatic rings. The van der Waals surface area contributed by atoms with Crippen molar-refractivity contribution in [2.45, 2.75) is 19.0 Å². The number of urea groups is 1. The lowest BCUT2D eigenvalue weighted by Gasteiger charge is -2.35. The summed E-state index contributed by atoms with van der Waals surface area (Å²) in [6.07, 6.45) is 0.518. The Morgan fingerprint density at radius 3 is 2.42 bits per heavy atom. The van der Waals surface area contributed by atoms with E-state index in [4.69, 9.17) is 11.6 Å². The summed E-state index contributed by atoms with van der Waals surface area (Å²) in [5.41, 5.74) is 1.20. The van der Waals surface area contributed by atoms with Gasteiger partial charge in [0, 0.05) is 43.8 Å². The summed E-state index contributed by atoms with van der Waals surface area (Å²) in [5.74, 6) is 0.238. The number of piperazine rings is 1. The smallest absolute Gasteiger partial charge is 0.317 e.